The van der Waals surface area contributed by atoms with E-state index in [0.717, 1.165) is 30.5 Å². The number of ether oxygens (including phenoxy) is 1. The van der Waals surface area contributed by atoms with Crippen LogP contribution >= 0.6 is 0 Å². The van der Waals surface area contributed by atoms with Gasteiger partial charge in [0.05, 0.1) is 17.7 Å². The van der Waals surface area contributed by atoms with Gasteiger partial charge in [0.1, 0.15) is 30.0 Å². The molecule has 0 bridgehead atoms. The molecule has 9 heteroatoms. The molecule has 0 spiro atoms. The van der Waals surface area contributed by atoms with Crippen molar-refractivity contribution in [1.29, 1.82) is 0 Å². The fraction of sp³-hybridized carbons (Fsp3) is 0.643. The van der Waals surface area contributed by atoms with Gasteiger partial charge >= 0.3 is 0 Å². The van der Waals surface area contributed by atoms with Crippen LogP contribution < -0.4 is 5.32 Å². The maximum Gasteiger partial charge on any atom is 0.183 e. The molecule has 4 heterocycles. The van der Waals surface area contributed by atoms with Gasteiger partial charge in [0.25, 0.3) is 0 Å². The van der Waals surface area contributed by atoms with Crippen molar-refractivity contribution in [3.63, 3.8) is 0 Å². The monoisotopic (exact) mass is 321 g/mol. The largest absolute Gasteiger partial charge is 0.394 e. The molecular weight excluding hydrogens is 302 g/mol. The Labute approximate surface area is 131 Å². The van der Waals surface area contributed by atoms with E-state index in [-0.39, 0.29) is 6.61 Å². The second-order valence-corrected chi connectivity index (χ2v) is 6.22. The minimum Gasteiger partial charge on any atom is -0.394 e. The first-order chi connectivity index (χ1) is 11.0. The van der Waals surface area contributed by atoms with Crippen molar-refractivity contribution in [2.45, 2.75) is 43.8 Å². The normalized spacial score (nSPS) is 33.7. The van der Waals surface area contributed by atoms with Crippen molar-refractivity contribution in [2.24, 2.45) is 0 Å². The van der Waals surface area contributed by atoms with Gasteiger partial charge in [-0.05, 0) is 19.8 Å². The molecule has 2 aliphatic heterocycles. The number of aliphatic hydroxyl groups excluding tert-OH is 2. The summed E-state index contributed by atoms with van der Waals surface area (Å²) in [4.78, 5) is 8.54. The molecule has 1 unspecified atom stereocenters. The lowest BCUT2D eigenvalue weighted by molar-refractivity contribution is -0.100. The van der Waals surface area contributed by atoms with Crippen LogP contribution in [0.1, 0.15) is 25.3 Å². The highest BCUT2D eigenvalue weighted by atomic mass is 16.6. The highest BCUT2D eigenvalue weighted by Gasteiger charge is 2.53. The summed E-state index contributed by atoms with van der Waals surface area (Å²) in [6.07, 6.45) is 0.0802. The highest BCUT2D eigenvalue weighted by molar-refractivity contribution is 5.89. The Morgan fingerprint density at radius 2 is 2.30 bits per heavy atom. The number of hydrogen-bond donors (Lipinski definition) is 4. The number of aliphatic hydroxyl groups is 3. The van der Waals surface area contributed by atoms with Gasteiger partial charge < -0.3 is 25.4 Å². The predicted molar refractivity (Wildman–Crippen MR) is 79.8 cm³/mol. The average molecular weight is 321 g/mol. The van der Waals surface area contributed by atoms with Crippen molar-refractivity contribution in [3.8, 4) is 0 Å². The van der Waals surface area contributed by atoms with Crippen LogP contribution in [0.5, 0.6) is 0 Å². The average Bonchev–Trinajstić information content (AvgIpc) is 2.90. The van der Waals surface area contributed by atoms with Gasteiger partial charge in [-0.3, -0.25) is 0 Å². The molecule has 0 aromatic carbocycles. The second-order valence-electron chi connectivity index (χ2n) is 6.22. The molecule has 124 valence electrons. The van der Waals surface area contributed by atoms with Gasteiger partial charge in [0.2, 0.25) is 0 Å². The van der Waals surface area contributed by atoms with Crippen molar-refractivity contribution in [2.75, 3.05) is 18.5 Å². The van der Waals surface area contributed by atoms with Crippen LogP contribution in [-0.4, -0.2) is 66.0 Å². The molecule has 0 radical (unpaired) electrons. The zero-order chi connectivity index (χ0) is 16.2. The Bertz CT molecular complexity index is 746. The number of hydrogen-bond acceptors (Lipinski definition) is 8. The summed E-state index contributed by atoms with van der Waals surface area (Å²) in [6.45, 7) is 1.89. The molecule has 1 saturated heterocycles. The predicted octanol–water partition coefficient (Wildman–Crippen LogP) is -0.814. The third-order valence-electron chi connectivity index (χ3n) is 4.60. The molecule has 0 saturated carbocycles. The van der Waals surface area contributed by atoms with Crippen LogP contribution in [0.3, 0.4) is 0 Å². The smallest absolute Gasteiger partial charge is 0.183 e. The summed E-state index contributed by atoms with van der Waals surface area (Å²) in [5.41, 5.74) is -0.218. The summed E-state index contributed by atoms with van der Waals surface area (Å²) >= 11 is 0. The molecule has 2 aliphatic rings. The Morgan fingerprint density at radius 1 is 1.48 bits per heavy atom. The Kier molecular flexibility index (Phi) is 3.27. The Hall–Kier alpha value is -1.81. The Balaban J connectivity index is 1.87. The summed E-state index contributed by atoms with van der Waals surface area (Å²) in [7, 11) is 0. The van der Waals surface area contributed by atoms with Gasteiger partial charge in [-0.2, -0.15) is 5.10 Å². The van der Waals surface area contributed by atoms with E-state index in [1.807, 2.05) is 0 Å². The molecule has 9 nitrogen and oxygen atoms in total. The van der Waals surface area contributed by atoms with Gasteiger partial charge in [0.15, 0.2) is 11.9 Å². The molecule has 0 amide bonds. The quantitative estimate of drug-likeness (QED) is 0.566. The van der Waals surface area contributed by atoms with Crippen LogP contribution in [0.25, 0.3) is 11.0 Å². The molecule has 4 N–H and O–H groups in total. The SMILES string of the molecule is C[C@]1(O)C(n2nc3c4c(ncnc42)NCCC3)O[C@H](CO)[C@H]1O. The van der Waals surface area contributed by atoms with Crippen molar-refractivity contribution < 1.29 is 20.1 Å². The first-order valence-corrected chi connectivity index (χ1v) is 7.66. The summed E-state index contributed by atoms with van der Waals surface area (Å²) < 4.78 is 7.14. The number of nitrogens with one attached hydrogen (secondary N) is 1. The number of aryl methyl sites for hydroxylation is 1. The summed E-state index contributed by atoms with van der Waals surface area (Å²) in [5.74, 6) is 0.714. The van der Waals surface area contributed by atoms with E-state index in [0.29, 0.717) is 11.5 Å². The fourth-order valence-corrected chi connectivity index (χ4v) is 3.33. The zero-order valence-corrected chi connectivity index (χ0v) is 12.7. The number of anilines is 1. The molecule has 0 aliphatic carbocycles. The third-order valence-corrected chi connectivity index (χ3v) is 4.60. The van der Waals surface area contributed by atoms with Gasteiger partial charge in [0, 0.05) is 6.54 Å². The van der Waals surface area contributed by atoms with Crippen molar-refractivity contribution in [1.82, 2.24) is 19.7 Å². The molecule has 4 rings (SSSR count). The highest BCUT2D eigenvalue weighted by Crippen LogP contribution is 2.40. The van der Waals surface area contributed by atoms with E-state index in [2.05, 4.69) is 20.4 Å². The number of rotatable bonds is 2. The maximum absolute atomic E-state index is 10.7. The second kappa shape index (κ2) is 5.10. The first-order valence-electron chi connectivity index (χ1n) is 7.66. The molecule has 1 fully saturated rings. The fourth-order valence-electron chi connectivity index (χ4n) is 3.33. The minimum atomic E-state index is -1.59. The Morgan fingerprint density at radius 3 is 3.04 bits per heavy atom. The van der Waals surface area contributed by atoms with E-state index < -0.39 is 24.0 Å². The lowest BCUT2D eigenvalue weighted by Crippen LogP contribution is -2.44. The molecule has 2 aromatic heterocycles. The third kappa shape index (κ3) is 2.04. The van der Waals surface area contributed by atoms with Crippen LogP contribution in [-0.2, 0) is 11.2 Å². The molecule has 23 heavy (non-hydrogen) atoms. The number of aromatic nitrogens is 4. The van der Waals surface area contributed by atoms with Crippen LogP contribution in [0.4, 0.5) is 5.82 Å². The first kappa shape index (κ1) is 14.8. The van der Waals surface area contributed by atoms with E-state index in [1.165, 1.54) is 17.9 Å². The van der Waals surface area contributed by atoms with Gasteiger partial charge in [-0.15, -0.1) is 0 Å². The minimum absolute atomic E-state index is 0.387. The summed E-state index contributed by atoms with van der Waals surface area (Å²) in [5, 5.41) is 38.8. The lowest BCUT2D eigenvalue weighted by atomic mass is 9.97. The van der Waals surface area contributed by atoms with Gasteiger partial charge in [-0.1, -0.05) is 0 Å². The topological polar surface area (TPSA) is 126 Å². The van der Waals surface area contributed by atoms with Crippen LogP contribution in [0.2, 0.25) is 0 Å². The van der Waals surface area contributed by atoms with E-state index in [4.69, 9.17) is 4.74 Å². The van der Waals surface area contributed by atoms with E-state index in [1.54, 1.807) is 0 Å². The van der Waals surface area contributed by atoms with Gasteiger partial charge in [-0.25, -0.2) is 14.6 Å². The lowest BCUT2D eigenvalue weighted by Gasteiger charge is -2.26. The van der Waals surface area contributed by atoms with Crippen molar-refractivity contribution in [3.05, 3.63) is 12.0 Å². The van der Waals surface area contributed by atoms with Crippen molar-refractivity contribution >= 4 is 16.9 Å². The molecule has 4 atom stereocenters. The molecule has 2 aromatic rings. The summed E-state index contributed by atoms with van der Waals surface area (Å²) in [6, 6.07) is 0. The molecular formula is C14H19N5O4. The standard InChI is InChI=1S/C14H19N5O4/c1-14(22)10(21)8(5-20)23-13(14)19-12-9-7(18-19)3-2-4-15-11(9)16-6-17-12/h6,8,10,13,20-22H,2-5H2,1H3,(H,15,16,17)/t8-,10-,13?,14-/m1/s1. The maximum atomic E-state index is 10.7. The van der Waals surface area contributed by atoms with Crippen LogP contribution in [0, 0.1) is 0 Å². The van der Waals surface area contributed by atoms with Crippen LogP contribution in [0.15, 0.2) is 6.33 Å². The van der Waals surface area contributed by atoms with E-state index in [9.17, 15) is 15.3 Å². The van der Waals surface area contributed by atoms with E-state index >= 15 is 0 Å². The number of nitrogens with zero attached hydrogens (tertiary/aromatic N) is 4. The zero-order valence-electron chi connectivity index (χ0n) is 12.7.